The van der Waals surface area contributed by atoms with Crippen molar-refractivity contribution in [3.63, 3.8) is 0 Å². The molecule has 100 valence electrons. The largest absolute Gasteiger partial charge is 0.327 e. The van der Waals surface area contributed by atoms with Crippen LogP contribution in [-0.4, -0.2) is 6.04 Å². The van der Waals surface area contributed by atoms with Crippen molar-refractivity contribution in [1.29, 1.82) is 0 Å². The maximum Gasteiger partial charge on any atom is 0.0108 e. The molecule has 1 saturated carbocycles. The molecule has 0 heterocycles. The fourth-order valence-corrected chi connectivity index (χ4v) is 3.38. The maximum absolute atomic E-state index is 6.36. The normalized spacial score (nSPS) is 28.3. The fourth-order valence-electron chi connectivity index (χ4n) is 3.38. The lowest BCUT2D eigenvalue weighted by Crippen LogP contribution is -2.34. The Morgan fingerprint density at radius 3 is 2.78 bits per heavy atom. The quantitative estimate of drug-likeness (QED) is 0.842. The highest BCUT2D eigenvalue weighted by molar-refractivity contribution is 5.28. The molecule has 0 spiro atoms. The summed E-state index contributed by atoms with van der Waals surface area (Å²) in [5.41, 5.74) is 9.28. The van der Waals surface area contributed by atoms with Gasteiger partial charge in [-0.05, 0) is 48.6 Å². The van der Waals surface area contributed by atoms with Crippen LogP contribution in [0.1, 0.15) is 63.0 Å². The first-order valence-electron chi connectivity index (χ1n) is 7.59. The van der Waals surface area contributed by atoms with Gasteiger partial charge in [0.05, 0.1) is 0 Å². The van der Waals surface area contributed by atoms with Gasteiger partial charge in [0.1, 0.15) is 0 Å². The molecule has 3 atom stereocenters. The van der Waals surface area contributed by atoms with Crippen LogP contribution in [-0.2, 0) is 6.42 Å². The highest BCUT2D eigenvalue weighted by Crippen LogP contribution is 2.37. The van der Waals surface area contributed by atoms with E-state index in [0.29, 0.717) is 12.0 Å². The van der Waals surface area contributed by atoms with Crippen LogP contribution in [0.15, 0.2) is 24.3 Å². The first kappa shape index (κ1) is 13.6. The van der Waals surface area contributed by atoms with E-state index in [1.807, 2.05) is 0 Å². The Morgan fingerprint density at radius 2 is 2.06 bits per heavy atom. The summed E-state index contributed by atoms with van der Waals surface area (Å²) in [7, 11) is 0. The van der Waals surface area contributed by atoms with Gasteiger partial charge in [0.25, 0.3) is 0 Å². The van der Waals surface area contributed by atoms with E-state index in [9.17, 15) is 0 Å². The summed E-state index contributed by atoms with van der Waals surface area (Å²) >= 11 is 0. The zero-order chi connectivity index (χ0) is 13.0. The van der Waals surface area contributed by atoms with Gasteiger partial charge in [-0.15, -0.1) is 0 Å². The molecular formula is C17H27N. The van der Waals surface area contributed by atoms with Crippen molar-refractivity contribution < 1.29 is 0 Å². The fraction of sp³-hybridized carbons (Fsp3) is 0.647. The lowest BCUT2D eigenvalue weighted by Gasteiger charge is -2.34. The Kier molecular flexibility index (Phi) is 4.82. The van der Waals surface area contributed by atoms with Crippen LogP contribution in [0.2, 0.25) is 0 Å². The minimum Gasteiger partial charge on any atom is -0.327 e. The first-order valence-corrected chi connectivity index (χ1v) is 7.59. The summed E-state index contributed by atoms with van der Waals surface area (Å²) in [6.07, 6.45) is 7.62. The molecule has 0 aromatic heterocycles. The van der Waals surface area contributed by atoms with Crippen molar-refractivity contribution >= 4 is 0 Å². The van der Waals surface area contributed by atoms with Gasteiger partial charge in [-0.2, -0.15) is 0 Å². The highest BCUT2D eigenvalue weighted by Gasteiger charge is 2.28. The van der Waals surface area contributed by atoms with Crippen LogP contribution in [0.25, 0.3) is 0 Å². The molecule has 1 aliphatic rings. The third-order valence-electron chi connectivity index (χ3n) is 4.50. The van der Waals surface area contributed by atoms with E-state index in [1.165, 1.54) is 43.2 Å². The molecule has 0 aliphatic heterocycles. The summed E-state index contributed by atoms with van der Waals surface area (Å²) in [6, 6.07) is 9.44. The van der Waals surface area contributed by atoms with Crippen molar-refractivity contribution in [2.45, 2.75) is 64.3 Å². The van der Waals surface area contributed by atoms with Gasteiger partial charge >= 0.3 is 0 Å². The third-order valence-corrected chi connectivity index (χ3v) is 4.50. The molecule has 2 N–H and O–H groups in total. The van der Waals surface area contributed by atoms with Crippen molar-refractivity contribution in [2.24, 2.45) is 11.7 Å². The predicted molar refractivity (Wildman–Crippen MR) is 78.8 cm³/mol. The summed E-state index contributed by atoms with van der Waals surface area (Å²) in [4.78, 5) is 0. The zero-order valence-electron chi connectivity index (χ0n) is 11.9. The Bertz CT molecular complexity index is 372. The van der Waals surface area contributed by atoms with Crippen molar-refractivity contribution in [3.05, 3.63) is 35.4 Å². The van der Waals surface area contributed by atoms with Gasteiger partial charge in [-0.25, -0.2) is 0 Å². The molecular weight excluding hydrogens is 218 g/mol. The van der Waals surface area contributed by atoms with E-state index in [4.69, 9.17) is 5.73 Å². The monoisotopic (exact) mass is 245 g/mol. The molecule has 2 rings (SSSR count). The third kappa shape index (κ3) is 3.14. The lowest BCUT2D eigenvalue weighted by atomic mass is 9.73. The predicted octanol–water partition coefficient (Wildman–Crippen LogP) is 4.26. The summed E-state index contributed by atoms with van der Waals surface area (Å²) in [6.45, 7) is 4.51. The molecule has 1 heteroatoms. The number of hydrogen-bond acceptors (Lipinski definition) is 1. The van der Waals surface area contributed by atoms with E-state index in [0.717, 1.165) is 12.3 Å². The van der Waals surface area contributed by atoms with E-state index >= 15 is 0 Å². The Balaban J connectivity index is 2.13. The molecule has 0 radical (unpaired) electrons. The van der Waals surface area contributed by atoms with Gasteiger partial charge in [-0.1, -0.05) is 51.0 Å². The van der Waals surface area contributed by atoms with Crippen LogP contribution in [0.3, 0.4) is 0 Å². The second-order valence-electron chi connectivity index (χ2n) is 5.84. The number of rotatable bonds is 4. The lowest BCUT2D eigenvalue weighted by molar-refractivity contribution is 0.274. The minimum absolute atomic E-state index is 0.366. The summed E-state index contributed by atoms with van der Waals surface area (Å²) in [5, 5.41) is 0. The Morgan fingerprint density at radius 1 is 1.22 bits per heavy atom. The average Bonchev–Trinajstić information content (AvgIpc) is 2.41. The van der Waals surface area contributed by atoms with Crippen LogP contribution < -0.4 is 5.73 Å². The molecule has 1 fully saturated rings. The van der Waals surface area contributed by atoms with Crippen molar-refractivity contribution in [3.8, 4) is 0 Å². The van der Waals surface area contributed by atoms with Gasteiger partial charge in [0.15, 0.2) is 0 Å². The van der Waals surface area contributed by atoms with E-state index in [1.54, 1.807) is 0 Å². The molecule has 0 saturated heterocycles. The van der Waals surface area contributed by atoms with Crippen molar-refractivity contribution in [1.82, 2.24) is 0 Å². The summed E-state index contributed by atoms with van der Waals surface area (Å²) in [5.74, 6) is 1.48. The first-order chi connectivity index (χ1) is 8.74. The topological polar surface area (TPSA) is 26.0 Å². The molecule has 0 bridgehead atoms. The van der Waals surface area contributed by atoms with Crippen LogP contribution in [0, 0.1) is 5.92 Å². The SMILES string of the molecule is CCCC1CCC(N)C(c2cccc(CC)c2)C1. The van der Waals surface area contributed by atoms with Gasteiger partial charge in [-0.3, -0.25) is 0 Å². The number of nitrogens with two attached hydrogens (primary N) is 1. The van der Waals surface area contributed by atoms with Gasteiger partial charge in [0, 0.05) is 6.04 Å². The molecule has 1 aromatic carbocycles. The molecule has 1 nitrogen and oxygen atoms in total. The highest BCUT2D eigenvalue weighted by atomic mass is 14.7. The number of benzene rings is 1. The van der Waals surface area contributed by atoms with Crippen LogP contribution in [0.5, 0.6) is 0 Å². The van der Waals surface area contributed by atoms with Gasteiger partial charge < -0.3 is 5.73 Å². The average molecular weight is 245 g/mol. The molecule has 0 amide bonds. The second-order valence-corrected chi connectivity index (χ2v) is 5.84. The Hall–Kier alpha value is -0.820. The minimum atomic E-state index is 0.366. The van der Waals surface area contributed by atoms with E-state index < -0.39 is 0 Å². The van der Waals surface area contributed by atoms with Crippen LogP contribution >= 0.6 is 0 Å². The Labute approximate surface area is 112 Å². The number of aryl methyl sites for hydroxylation is 1. The smallest absolute Gasteiger partial charge is 0.0108 e. The van der Waals surface area contributed by atoms with Crippen molar-refractivity contribution in [2.75, 3.05) is 0 Å². The zero-order valence-corrected chi connectivity index (χ0v) is 11.9. The van der Waals surface area contributed by atoms with Gasteiger partial charge in [0.2, 0.25) is 0 Å². The standard InChI is InChI=1S/C17H27N/c1-3-6-14-9-10-17(18)16(12-14)15-8-5-7-13(4-2)11-15/h5,7-8,11,14,16-17H,3-4,6,9-10,12,18H2,1-2H3. The summed E-state index contributed by atoms with van der Waals surface area (Å²) < 4.78 is 0. The molecule has 3 unspecified atom stereocenters. The van der Waals surface area contributed by atoms with E-state index in [2.05, 4.69) is 38.1 Å². The maximum atomic E-state index is 6.36. The second kappa shape index (κ2) is 6.38. The van der Waals surface area contributed by atoms with E-state index in [-0.39, 0.29) is 0 Å². The number of hydrogen-bond donors (Lipinski definition) is 1. The molecule has 18 heavy (non-hydrogen) atoms. The molecule has 1 aromatic rings. The van der Waals surface area contributed by atoms with Crippen LogP contribution in [0.4, 0.5) is 0 Å². The molecule has 1 aliphatic carbocycles.